The fourth-order valence-electron chi connectivity index (χ4n) is 1.30. The predicted molar refractivity (Wildman–Crippen MR) is 61.7 cm³/mol. The number of carboxylic acid groups (broad SMARTS) is 1. The van der Waals surface area contributed by atoms with Crippen molar-refractivity contribution in [3.63, 3.8) is 0 Å². The van der Waals surface area contributed by atoms with Crippen molar-refractivity contribution < 1.29 is 14.7 Å². The molecule has 1 aliphatic heterocycles. The summed E-state index contributed by atoms with van der Waals surface area (Å²) in [5.41, 5.74) is 0. The van der Waals surface area contributed by atoms with Gasteiger partial charge in [0.1, 0.15) is 6.04 Å². The number of thiazole rings is 1. The van der Waals surface area contributed by atoms with E-state index < -0.39 is 18.0 Å². The second kappa shape index (κ2) is 4.71. The molecule has 0 aliphatic carbocycles. The molecule has 8 heteroatoms. The van der Waals surface area contributed by atoms with E-state index in [1.807, 2.05) is 0 Å². The van der Waals surface area contributed by atoms with E-state index in [1.165, 1.54) is 28.0 Å². The van der Waals surface area contributed by atoms with Crippen molar-refractivity contribution in [3.05, 3.63) is 11.6 Å². The highest BCUT2D eigenvalue weighted by atomic mass is 32.2. The van der Waals surface area contributed by atoms with E-state index in [-0.39, 0.29) is 0 Å². The Morgan fingerprint density at radius 1 is 1.62 bits per heavy atom. The third-order valence-electron chi connectivity index (χ3n) is 2.07. The second-order valence-corrected chi connectivity index (χ2v) is 4.99. The topological polar surface area (TPSA) is 82.5 Å². The van der Waals surface area contributed by atoms with Gasteiger partial charge < -0.3 is 10.0 Å². The maximum Gasteiger partial charge on any atom is 0.327 e. The number of hydrogen-bond acceptors (Lipinski definition) is 5. The van der Waals surface area contributed by atoms with Gasteiger partial charge in [0.25, 0.3) is 0 Å². The number of urea groups is 1. The van der Waals surface area contributed by atoms with Crippen LogP contribution in [0.25, 0.3) is 0 Å². The lowest BCUT2D eigenvalue weighted by Gasteiger charge is -2.19. The first-order valence-corrected chi connectivity index (χ1v) is 6.49. The van der Waals surface area contributed by atoms with Gasteiger partial charge in [0.15, 0.2) is 5.13 Å². The Hall–Kier alpha value is -1.28. The lowest BCUT2D eigenvalue weighted by molar-refractivity contribution is -0.140. The molecular weight excluding hydrogens is 250 g/mol. The molecule has 1 aliphatic rings. The number of rotatable bonds is 2. The number of hydrogen-bond donors (Lipinski definition) is 2. The number of carbonyl (C=O) groups excluding carboxylic acids is 1. The van der Waals surface area contributed by atoms with E-state index in [0.717, 1.165) is 0 Å². The minimum Gasteiger partial charge on any atom is -0.480 e. The van der Waals surface area contributed by atoms with Crippen LogP contribution in [0.4, 0.5) is 9.93 Å². The van der Waals surface area contributed by atoms with Gasteiger partial charge in [-0.25, -0.2) is 14.6 Å². The molecule has 2 amide bonds. The molecule has 1 aromatic rings. The van der Waals surface area contributed by atoms with Crippen molar-refractivity contribution in [2.45, 2.75) is 6.04 Å². The van der Waals surface area contributed by atoms with Crippen LogP contribution >= 0.6 is 23.1 Å². The molecule has 0 saturated carbocycles. The lowest BCUT2D eigenvalue weighted by Crippen LogP contribution is -2.43. The van der Waals surface area contributed by atoms with Crippen LogP contribution in [0.1, 0.15) is 0 Å². The average Bonchev–Trinajstić information content (AvgIpc) is 2.86. The van der Waals surface area contributed by atoms with Gasteiger partial charge in [0, 0.05) is 17.3 Å². The summed E-state index contributed by atoms with van der Waals surface area (Å²) in [5.74, 6) is -0.145. The number of aromatic nitrogens is 1. The Kier molecular flexibility index (Phi) is 3.30. The SMILES string of the molecule is O=C(O)[C@@H]1CSCN1C(=O)Nc1nccs1. The zero-order valence-electron chi connectivity index (χ0n) is 8.12. The molecule has 6 nitrogen and oxygen atoms in total. The smallest absolute Gasteiger partial charge is 0.327 e. The Morgan fingerprint density at radius 2 is 2.44 bits per heavy atom. The van der Waals surface area contributed by atoms with E-state index in [4.69, 9.17) is 5.11 Å². The summed E-state index contributed by atoms with van der Waals surface area (Å²) in [7, 11) is 0. The summed E-state index contributed by atoms with van der Waals surface area (Å²) in [6.45, 7) is 0. The summed E-state index contributed by atoms with van der Waals surface area (Å²) in [6.07, 6.45) is 1.58. The van der Waals surface area contributed by atoms with Crippen LogP contribution in [0.3, 0.4) is 0 Å². The summed E-state index contributed by atoms with van der Waals surface area (Å²) < 4.78 is 0. The monoisotopic (exact) mass is 259 g/mol. The van der Waals surface area contributed by atoms with Gasteiger partial charge in [0.2, 0.25) is 0 Å². The number of carboxylic acids is 1. The molecule has 0 unspecified atom stereocenters. The Morgan fingerprint density at radius 3 is 3.06 bits per heavy atom. The van der Waals surface area contributed by atoms with E-state index in [9.17, 15) is 9.59 Å². The summed E-state index contributed by atoms with van der Waals surface area (Å²) >= 11 is 2.72. The number of nitrogens with one attached hydrogen (secondary N) is 1. The number of anilines is 1. The van der Waals surface area contributed by atoms with Crippen molar-refractivity contribution in [2.24, 2.45) is 0 Å². The molecule has 1 aromatic heterocycles. The van der Waals surface area contributed by atoms with Crippen LogP contribution in [0.15, 0.2) is 11.6 Å². The maximum absolute atomic E-state index is 11.7. The maximum atomic E-state index is 11.7. The summed E-state index contributed by atoms with van der Waals surface area (Å²) in [6, 6.07) is -1.16. The third-order valence-corrected chi connectivity index (χ3v) is 3.78. The van der Waals surface area contributed by atoms with Gasteiger partial charge in [-0.05, 0) is 0 Å². The molecular formula is C8H9N3O3S2. The lowest BCUT2D eigenvalue weighted by atomic mass is 10.3. The molecule has 2 heterocycles. The molecule has 2 rings (SSSR count). The molecule has 1 fully saturated rings. The fourth-order valence-corrected chi connectivity index (χ4v) is 2.96. The number of aliphatic carboxylic acids is 1. The van der Waals surface area contributed by atoms with Crippen LogP contribution < -0.4 is 5.32 Å². The van der Waals surface area contributed by atoms with Gasteiger partial charge in [-0.15, -0.1) is 23.1 Å². The van der Waals surface area contributed by atoms with Crippen molar-refractivity contribution in [1.82, 2.24) is 9.88 Å². The average molecular weight is 259 g/mol. The Balaban J connectivity index is 2.01. The van der Waals surface area contributed by atoms with E-state index in [1.54, 1.807) is 11.6 Å². The van der Waals surface area contributed by atoms with E-state index in [2.05, 4.69) is 10.3 Å². The standard InChI is InChI=1S/C8H9N3O3S2/c12-6(13)5-3-15-4-11(5)8(14)10-7-9-1-2-16-7/h1-2,5H,3-4H2,(H,12,13)(H,9,10,14)/t5-/m0/s1. The first-order valence-electron chi connectivity index (χ1n) is 4.46. The van der Waals surface area contributed by atoms with Gasteiger partial charge >= 0.3 is 12.0 Å². The van der Waals surface area contributed by atoms with Crippen molar-refractivity contribution in [3.8, 4) is 0 Å². The predicted octanol–water partition coefficient (Wildman–Crippen LogP) is 1.13. The fraction of sp³-hybridized carbons (Fsp3) is 0.375. The quantitative estimate of drug-likeness (QED) is 0.832. The number of thioether (sulfide) groups is 1. The van der Waals surface area contributed by atoms with Gasteiger partial charge in [-0.1, -0.05) is 0 Å². The highest BCUT2D eigenvalue weighted by Crippen LogP contribution is 2.22. The Labute approximate surface area is 99.7 Å². The Bertz CT molecular complexity index is 395. The van der Waals surface area contributed by atoms with Crippen LogP contribution in [0, 0.1) is 0 Å². The van der Waals surface area contributed by atoms with Crippen LogP contribution in [-0.2, 0) is 4.79 Å². The number of carbonyl (C=O) groups is 2. The van der Waals surface area contributed by atoms with E-state index in [0.29, 0.717) is 16.8 Å². The molecule has 0 radical (unpaired) electrons. The molecule has 0 bridgehead atoms. The highest BCUT2D eigenvalue weighted by molar-refractivity contribution is 7.99. The van der Waals surface area contributed by atoms with Gasteiger partial charge in [-0.3, -0.25) is 5.32 Å². The molecule has 0 aromatic carbocycles. The normalized spacial score (nSPS) is 19.8. The zero-order chi connectivity index (χ0) is 11.5. The molecule has 2 N–H and O–H groups in total. The van der Waals surface area contributed by atoms with Crippen molar-refractivity contribution >= 4 is 40.2 Å². The summed E-state index contributed by atoms with van der Waals surface area (Å²) in [5, 5.41) is 13.7. The number of amides is 2. The molecule has 16 heavy (non-hydrogen) atoms. The molecule has 86 valence electrons. The minimum absolute atomic E-state index is 0.397. The van der Waals surface area contributed by atoms with Crippen molar-refractivity contribution in [2.75, 3.05) is 16.9 Å². The van der Waals surface area contributed by atoms with Gasteiger partial charge in [-0.2, -0.15) is 0 Å². The molecule has 1 atom stereocenters. The minimum atomic E-state index is -0.973. The highest BCUT2D eigenvalue weighted by Gasteiger charge is 2.34. The van der Waals surface area contributed by atoms with Crippen molar-refractivity contribution in [1.29, 1.82) is 0 Å². The molecule has 0 spiro atoms. The first-order chi connectivity index (χ1) is 7.68. The number of nitrogens with zero attached hydrogens (tertiary/aromatic N) is 2. The second-order valence-electron chi connectivity index (χ2n) is 3.09. The van der Waals surface area contributed by atoms with E-state index >= 15 is 0 Å². The van der Waals surface area contributed by atoms with Crippen LogP contribution in [-0.4, -0.2) is 44.7 Å². The zero-order valence-corrected chi connectivity index (χ0v) is 9.75. The van der Waals surface area contributed by atoms with Gasteiger partial charge in [0.05, 0.1) is 5.88 Å². The van der Waals surface area contributed by atoms with Crippen LogP contribution in [0.5, 0.6) is 0 Å². The van der Waals surface area contributed by atoms with Crippen LogP contribution in [0.2, 0.25) is 0 Å². The largest absolute Gasteiger partial charge is 0.480 e. The summed E-state index contributed by atoms with van der Waals surface area (Å²) in [4.78, 5) is 27.8. The first kappa shape index (κ1) is 11.2. The molecule has 1 saturated heterocycles. The third kappa shape index (κ3) is 2.27.